The van der Waals surface area contributed by atoms with Gasteiger partial charge in [-0.05, 0) is 56.3 Å². The maximum absolute atomic E-state index is 12.2. The number of likely N-dealkylation sites (N-methyl/N-ethyl adjacent to an activating group) is 1. The van der Waals surface area contributed by atoms with E-state index in [0.717, 1.165) is 17.8 Å². The Morgan fingerprint density at radius 2 is 1.47 bits per heavy atom. The molecule has 0 N–H and O–H groups in total. The number of quaternary nitrogens is 1. The van der Waals surface area contributed by atoms with Gasteiger partial charge in [0.25, 0.3) is 0 Å². The van der Waals surface area contributed by atoms with Crippen molar-refractivity contribution in [1.29, 1.82) is 0 Å². The summed E-state index contributed by atoms with van der Waals surface area (Å²) in [5.74, 6) is 2.75. The number of nitrogens with zero attached hydrogens (tertiary/aromatic N) is 2. The fourth-order valence-corrected chi connectivity index (χ4v) is 4.91. The third-order valence-corrected chi connectivity index (χ3v) is 4.98. The highest BCUT2D eigenvalue weighted by Gasteiger charge is 2.50. The monoisotopic (exact) mass is 378 g/mol. The molecule has 19 heavy (non-hydrogen) atoms. The molecule has 110 valence electrons. The van der Waals surface area contributed by atoms with Crippen LogP contribution in [-0.4, -0.2) is 43.6 Å². The molecule has 0 aromatic carbocycles. The van der Waals surface area contributed by atoms with Gasteiger partial charge in [0.05, 0.1) is 26.7 Å². The Labute approximate surface area is 134 Å². The van der Waals surface area contributed by atoms with Gasteiger partial charge in [0, 0.05) is 5.90 Å². The van der Waals surface area contributed by atoms with Crippen LogP contribution in [-0.2, 0) is 0 Å². The number of aliphatic imine (C=N–C) groups is 1. The normalized spacial score (nSPS) is 41.2. The van der Waals surface area contributed by atoms with Crippen LogP contribution in [0.4, 0.5) is 0 Å². The van der Waals surface area contributed by atoms with E-state index < -0.39 is 0 Å². The minimum atomic E-state index is 0. The Hall–Kier alpha value is 0.160. The van der Waals surface area contributed by atoms with Crippen LogP contribution in [0.2, 0.25) is 0 Å². The molecule has 4 aliphatic carbocycles. The van der Waals surface area contributed by atoms with Crippen molar-refractivity contribution in [3.63, 3.8) is 0 Å². The molecule has 0 heterocycles. The van der Waals surface area contributed by atoms with E-state index in [4.69, 9.17) is 4.99 Å². The zero-order valence-electron chi connectivity index (χ0n) is 12.4. The van der Waals surface area contributed by atoms with Crippen LogP contribution >= 0.6 is 24.0 Å². The summed E-state index contributed by atoms with van der Waals surface area (Å²) in [4.78, 5) is 4.70. The second-order valence-electron chi connectivity index (χ2n) is 8.10. The van der Waals surface area contributed by atoms with E-state index in [-0.39, 0.29) is 35.4 Å². The standard InChI is InChI=1S/C15H26N2O.HI/c1-17(2,3)10-14(18)16-15-7-11-4-12(8-15)6-13(5-11)9-15;/h11-13H,4-10H2,1-3H3;1H. The van der Waals surface area contributed by atoms with Crippen LogP contribution in [0.15, 0.2) is 4.99 Å². The molecule has 0 saturated heterocycles. The lowest BCUT2D eigenvalue weighted by Crippen LogP contribution is -2.52. The van der Waals surface area contributed by atoms with Crippen LogP contribution in [0.5, 0.6) is 0 Å². The summed E-state index contributed by atoms with van der Waals surface area (Å²) in [6, 6.07) is 0. The van der Waals surface area contributed by atoms with E-state index in [2.05, 4.69) is 21.1 Å². The molecule has 0 spiro atoms. The first-order valence-corrected chi connectivity index (χ1v) is 7.40. The van der Waals surface area contributed by atoms with Gasteiger partial charge in [-0.2, -0.15) is 0 Å². The van der Waals surface area contributed by atoms with Gasteiger partial charge in [-0.3, -0.25) is 4.99 Å². The van der Waals surface area contributed by atoms with Crippen LogP contribution in [0.1, 0.15) is 38.5 Å². The summed E-state index contributed by atoms with van der Waals surface area (Å²) < 4.78 is 0.689. The van der Waals surface area contributed by atoms with E-state index in [0.29, 0.717) is 11.0 Å². The van der Waals surface area contributed by atoms with Gasteiger partial charge in [0.2, 0.25) is 0 Å². The molecule has 0 radical (unpaired) electrons. The molecule has 0 amide bonds. The van der Waals surface area contributed by atoms with Gasteiger partial charge in [-0.1, -0.05) is 0 Å². The lowest BCUT2D eigenvalue weighted by atomic mass is 9.53. The Morgan fingerprint density at radius 1 is 1.05 bits per heavy atom. The summed E-state index contributed by atoms with van der Waals surface area (Å²) >= 11 is 0. The topological polar surface area (TPSA) is 35.4 Å². The molecule has 0 aromatic heterocycles. The fourth-order valence-electron chi connectivity index (χ4n) is 4.91. The van der Waals surface area contributed by atoms with Gasteiger partial charge in [-0.25, -0.2) is 0 Å². The molecular weight excluding hydrogens is 351 g/mol. The first-order chi connectivity index (χ1) is 8.34. The largest absolute Gasteiger partial charge is 0.858 e. The van der Waals surface area contributed by atoms with Gasteiger partial charge in [-0.15, -0.1) is 24.0 Å². The van der Waals surface area contributed by atoms with Gasteiger partial charge in [0.1, 0.15) is 6.54 Å². The average Bonchev–Trinajstić information content (AvgIpc) is 2.09. The predicted octanol–water partition coefficient (Wildman–Crippen LogP) is 2.04. The number of hydrogen-bond acceptors (Lipinski definition) is 2. The lowest BCUT2D eigenvalue weighted by Gasteiger charge is -2.55. The van der Waals surface area contributed by atoms with Crippen molar-refractivity contribution >= 4 is 29.9 Å². The van der Waals surface area contributed by atoms with Crippen LogP contribution in [0, 0.1) is 17.8 Å². The highest BCUT2D eigenvalue weighted by atomic mass is 127. The van der Waals surface area contributed by atoms with Gasteiger partial charge < -0.3 is 9.59 Å². The van der Waals surface area contributed by atoms with E-state index in [1.54, 1.807) is 0 Å². The number of halogens is 1. The minimum absolute atomic E-state index is 0. The van der Waals surface area contributed by atoms with E-state index in [9.17, 15) is 5.11 Å². The highest BCUT2D eigenvalue weighted by Crippen LogP contribution is 2.57. The molecule has 0 aliphatic heterocycles. The molecule has 4 rings (SSSR count). The highest BCUT2D eigenvalue weighted by molar-refractivity contribution is 14.0. The van der Waals surface area contributed by atoms with E-state index in [1.165, 1.54) is 38.5 Å². The third kappa shape index (κ3) is 3.43. The Bertz CT molecular complexity index is 338. The number of rotatable bonds is 3. The van der Waals surface area contributed by atoms with Crippen molar-refractivity contribution in [1.82, 2.24) is 0 Å². The molecule has 4 aliphatic rings. The summed E-state index contributed by atoms with van der Waals surface area (Å²) in [6.07, 6.45) is 7.83. The zero-order valence-corrected chi connectivity index (χ0v) is 14.7. The molecule has 0 unspecified atom stereocenters. The van der Waals surface area contributed by atoms with Crippen LogP contribution < -0.4 is 5.11 Å². The molecule has 0 aromatic rings. The number of hydrogen-bond donors (Lipinski definition) is 0. The predicted molar refractivity (Wildman–Crippen MR) is 86.7 cm³/mol. The molecule has 0 atom stereocenters. The zero-order chi connectivity index (χ0) is 13.0. The van der Waals surface area contributed by atoms with E-state index >= 15 is 0 Å². The van der Waals surface area contributed by atoms with Crippen molar-refractivity contribution in [2.24, 2.45) is 22.7 Å². The summed E-state index contributed by atoms with van der Waals surface area (Å²) in [7, 11) is 6.19. The maximum atomic E-state index is 12.2. The molecule has 4 saturated carbocycles. The molecule has 4 heteroatoms. The van der Waals surface area contributed by atoms with Gasteiger partial charge in [0.15, 0.2) is 0 Å². The van der Waals surface area contributed by atoms with Crippen molar-refractivity contribution in [2.75, 3.05) is 27.7 Å². The van der Waals surface area contributed by atoms with E-state index in [1.807, 2.05) is 0 Å². The van der Waals surface area contributed by atoms with Crippen LogP contribution in [0.25, 0.3) is 0 Å². The van der Waals surface area contributed by atoms with Crippen molar-refractivity contribution < 1.29 is 9.59 Å². The first-order valence-electron chi connectivity index (χ1n) is 7.40. The molecule has 3 nitrogen and oxygen atoms in total. The first kappa shape index (κ1) is 15.5. The fraction of sp³-hybridized carbons (Fsp3) is 0.933. The molecular formula is C15H27IN2O. The summed E-state index contributed by atoms with van der Waals surface area (Å²) in [5.41, 5.74) is 0.0566. The summed E-state index contributed by atoms with van der Waals surface area (Å²) in [6.45, 7) is 0.543. The average molecular weight is 378 g/mol. The quantitative estimate of drug-likeness (QED) is 0.320. The van der Waals surface area contributed by atoms with Crippen molar-refractivity contribution in [3.8, 4) is 0 Å². The molecule has 4 bridgehead atoms. The lowest BCUT2D eigenvalue weighted by molar-refractivity contribution is -0.863. The molecule has 4 fully saturated rings. The minimum Gasteiger partial charge on any atom is -0.858 e. The Kier molecular flexibility index (Phi) is 4.23. The Balaban J connectivity index is 0.00000133. The second kappa shape index (κ2) is 5.17. The van der Waals surface area contributed by atoms with Crippen LogP contribution in [0.3, 0.4) is 0 Å². The van der Waals surface area contributed by atoms with Crippen molar-refractivity contribution in [3.05, 3.63) is 0 Å². The second-order valence-corrected chi connectivity index (χ2v) is 8.10. The Morgan fingerprint density at radius 3 is 1.84 bits per heavy atom. The SMILES string of the molecule is C[N+](C)(C)CC([O-])=NC12CC3CC(CC(C3)C1)C2.I. The van der Waals surface area contributed by atoms with Gasteiger partial charge >= 0.3 is 0 Å². The maximum Gasteiger partial charge on any atom is 0.107 e. The third-order valence-electron chi connectivity index (χ3n) is 4.98. The summed E-state index contributed by atoms with van der Waals surface area (Å²) in [5, 5.41) is 12.2. The van der Waals surface area contributed by atoms with Crippen molar-refractivity contribution in [2.45, 2.75) is 44.1 Å². The smallest absolute Gasteiger partial charge is 0.107 e.